The summed E-state index contributed by atoms with van der Waals surface area (Å²) in [4.78, 5) is 13.4. The Bertz CT molecular complexity index is 767. The van der Waals surface area contributed by atoms with E-state index in [9.17, 15) is 9.90 Å². The zero-order chi connectivity index (χ0) is 17.1. The fourth-order valence-electron chi connectivity index (χ4n) is 2.58. The third kappa shape index (κ3) is 3.33. The van der Waals surface area contributed by atoms with E-state index in [0.717, 1.165) is 11.3 Å². The van der Waals surface area contributed by atoms with Crippen molar-refractivity contribution in [2.24, 2.45) is 0 Å². The molecule has 0 aromatic heterocycles. The molecule has 2 amide bonds. The molecule has 0 radical (unpaired) electrons. The monoisotopic (exact) mass is 347 g/mol. The molecule has 1 saturated heterocycles. The van der Waals surface area contributed by atoms with Crippen LogP contribution >= 0.6 is 11.6 Å². The van der Waals surface area contributed by atoms with Crippen molar-refractivity contribution in [1.29, 1.82) is 0 Å². The Morgan fingerprint density at radius 3 is 2.83 bits per heavy atom. The van der Waals surface area contributed by atoms with E-state index in [-0.39, 0.29) is 11.8 Å². The number of hydrogen-bond donors (Lipinski definition) is 3. The van der Waals surface area contributed by atoms with Gasteiger partial charge in [-0.2, -0.15) is 0 Å². The number of methoxy groups -OCH3 is 1. The Balaban J connectivity index is 1.74. The van der Waals surface area contributed by atoms with Crippen LogP contribution in [0.5, 0.6) is 11.5 Å². The van der Waals surface area contributed by atoms with Crippen LogP contribution in [0.2, 0.25) is 5.02 Å². The van der Waals surface area contributed by atoms with E-state index >= 15 is 0 Å². The summed E-state index contributed by atoms with van der Waals surface area (Å²) in [5.74, 6) is 0.537. The van der Waals surface area contributed by atoms with Gasteiger partial charge in [0.25, 0.3) is 0 Å². The number of halogens is 1. The number of urea groups is 1. The number of rotatable bonds is 5. The molecular formula is C17H18ClN3O3. The molecule has 126 valence electrons. The van der Waals surface area contributed by atoms with Gasteiger partial charge < -0.3 is 20.5 Å². The van der Waals surface area contributed by atoms with E-state index in [1.807, 2.05) is 18.2 Å². The number of nitrogens with zero attached hydrogens (tertiary/aromatic N) is 1. The highest BCUT2D eigenvalue weighted by Gasteiger charge is 2.23. The number of hydrogen-bond acceptors (Lipinski definition) is 4. The molecule has 1 aliphatic heterocycles. The van der Waals surface area contributed by atoms with Crippen LogP contribution in [0.1, 0.15) is 5.56 Å². The van der Waals surface area contributed by atoms with Crippen LogP contribution in [0.15, 0.2) is 36.4 Å². The van der Waals surface area contributed by atoms with Gasteiger partial charge in [0, 0.05) is 25.3 Å². The normalized spacial score (nSPS) is 13.8. The van der Waals surface area contributed by atoms with E-state index in [1.165, 1.54) is 7.11 Å². The smallest absolute Gasteiger partial charge is 0.322 e. The van der Waals surface area contributed by atoms with Gasteiger partial charge in [-0.05, 0) is 35.9 Å². The summed E-state index contributed by atoms with van der Waals surface area (Å²) in [5.41, 5.74) is 2.42. The summed E-state index contributed by atoms with van der Waals surface area (Å²) in [6, 6.07) is 10.5. The SMILES string of the molecule is COc1ccc(CNc2ccc(Cl)c(N3CCNC3=O)c2)cc1O. The topological polar surface area (TPSA) is 73.8 Å². The summed E-state index contributed by atoms with van der Waals surface area (Å²) in [5, 5.41) is 16.4. The molecule has 1 fully saturated rings. The van der Waals surface area contributed by atoms with Gasteiger partial charge >= 0.3 is 6.03 Å². The molecule has 1 heterocycles. The molecule has 0 unspecified atom stereocenters. The Morgan fingerprint density at radius 2 is 2.17 bits per heavy atom. The molecule has 0 bridgehead atoms. The van der Waals surface area contributed by atoms with Crippen molar-refractivity contribution in [2.45, 2.75) is 6.54 Å². The van der Waals surface area contributed by atoms with E-state index in [2.05, 4.69) is 10.6 Å². The minimum Gasteiger partial charge on any atom is -0.504 e. The first kappa shape index (κ1) is 16.3. The Labute approximate surface area is 145 Å². The fraction of sp³-hybridized carbons (Fsp3) is 0.235. The van der Waals surface area contributed by atoms with Crippen LogP contribution in [-0.4, -0.2) is 31.3 Å². The number of carbonyl (C=O) groups excluding carboxylic acids is 1. The average Bonchev–Trinajstić information content (AvgIpc) is 3.00. The molecule has 2 aromatic carbocycles. The van der Waals surface area contributed by atoms with E-state index < -0.39 is 0 Å². The second kappa shape index (κ2) is 6.88. The maximum absolute atomic E-state index is 11.8. The van der Waals surface area contributed by atoms with Gasteiger partial charge in [-0.15, -0.1) is 0 Å². The van der Waals surface area contributed by atoms with E-state index in [4.69, 9.17) is 16.3 Å². The summed E-state index contributed by atoms with van der Waals surface area (Å²) < 4.78 is 5.03. The van der Waals surface area contributed by atoms with Gasteiger partial charge in [0.15, 0.2) is 11.5 Å². The van der Waals surface area contributed by atoms with Gasteiger partial charge in [0.05, 0.1) is 17.8 Å². The lowest BCUT2D eigenvalue weighted by atomic mass is 10.2. The first-order valence-corrected chi connectivity index (χ1v) is 7.91. The minimum atomic E-state index is -0.144. The van der Waals surface area contributed by atoms with Crippen LogP contribution in [-0.2, 0) is 6.54 Å². The van der Waals surface area contributed by atoms with Gasteiger partial charge in [-0.25, -0.2) is 4.79 Å². The first-order valence-electron chi connectivity index (χ1n) is 7.53. The fourth-order valence-corrected chi connectivity index (χ4v) is 2.80. The molecular weight excluding hydrogens is 330 g/mol. The lowest BCUT2D eigenvalue weighted by molar-refractivity contribution is 0.252. The van der Waals surface area contributed by atoms with Crippen LogP contribution in [0.3, 0.4) is 0 Å². The highest BCUT2D eigenvalue weighted by molar-refractivity contribution is 6.34. The number of aromatic hydroxyl groups is 1. The second-order valence-corrected chi connectivity index (χ2v) is 5.82. The Kier molecular flexibility index (Phi) is 4.66. The molecule has 0 atom stereocenters. The van der Waals surface area contributed by atoms with Crippen molar-refractivity contribution in [3.63, 3.8) is 0 Å². The molecule has 24 heavy (non-hydrogen) atoms. The van der Waals surface area contributed by atoms with Gasteiger partial charge in [0.2, 0.25) is 0 Å². The van der Waals surface area contributed by atoms with Gasteiger partial charge in [-0.3, -0.25) is 4.90 Å². The number of amides is 2. The van der Waals surface area contributed by atoms with Crippen LogP contribution < -0.4 is 20.3 Å². The number of ether oxygens (including phenoxy) is 1. The van der Waals surface area contributed by atoms with E-state index in [0.29, 0.717) is 36.1 Å². The highest BCUT2D eigenvalue weighted by Crippen LogP contribution is 2.31. The van der Waals surface area contributed by atoms with Crippen molar-refractivity contribution < 1.29 is 14.6 Å². The van der Waals surface area contributed by atoms with Gasteiger partial charge in [-0.1, -0.05) is 17.7 Å². The number of benzene rings is 2. The number of phenolic OH excluding ortho intramolecular Hbond substituents is 1. The van der Waals surface area contributed by atoms with Crippen LogP contribution in [0.25, 0.3) is 0 Å². The third-order valence-electron chi connectivity index (χ3n) is 3.83. The number of carbonyl (C=O) groups is 1. The predicted molar refractivity (Wildman–Crippen MR) is 94.2 cm³/mol. The lowest BCUT2D eigenvalue weighted by Crippen LogP contribution is -2.27. The quantitative estimate of drug-likeness (QED) is 0.776. The third-order valence-corrected chi connectivity index (χ3v) is 4.15. The Hall–Kier alpha value is -2.60. The molecule has 3 rings (SSSR count). The predicted octanol–water partition coefficient (Wildman–Crippen LogP) is 3.20. The molecule has 3 N–H and O–H groups in total. The van der Waals surface area contributed by atoms with Gasteiger partial charge in [0.1, 0.15) is 0 Å². The lowest BCUT2D eigenvalue weighted by Gasteiger charge is -2.17. The van der Waals surface area contributed by atoms with E-state index in [1.54, 1.807) is 23.1 Å². The van der Waals surface area contributed by atoms with Crippen LogP contribution in [0.4, 0.5) is 16.2 Å². The average molecular weight is 348 g/mol. The van der Waals surface area contributed by atoms with Crippen molar-refractivity contribution in [2.75, 3.05) is 30.4 Å². The molecule has 2 aromatic rings. The zero-order valence-corrected chi connectivity index (χ0v) is 13.9. The number of nitrogens with one attached hydrogen (secondary N) is 2. The number of anilines is 2. The van der Waals surface area contributed by atoms with Crippen LogP contribution in [0, 0.1) is 0 Å². The van der Waals surface area contributed by atoms with Crippen molar-refractivity contribution >= 4 is 29.0 Å². The van der Waals surface area contributed by atoms with Crippen molar-refractivity contribution in [1.82, 2.24) is 5.32 Å². The molecule has 0 aliphatic carbocycles. The first-order chi connectivity index (χ1) is 11.6. The minimum absolute atomic E-state index is 0.0994. The summed E-state index contributed by atoms with van der Waals surface area (Å²) in [6.45, 7) is 1.72. The Morgan fingerprint density at radius 1 is 1.33 bits per heavy atom. The second-order valence-electron chi connectivity index (χ2n) is 5.41. The highest BCUT2D eigenvalue weighted by atomic mass is 35.5. The van der Waals surface area contributed by atoms with Crippen molar-refractivity contribution in [3.05, 3.63) is 47.0 Å². The molecule has 0 saturated carbocycles. The maximum atomic E-state index is 11.8. The largest absolute Gasteiger partial charge is 0.504 e. The molecule has 6 nitrogen and oxygen atoms in total. The molecule has 1 aliphatic rings. The molecule has 0 spiro atoms. The molecule has 7 heteroatoms. The van der Waals surface area contributed by atoms with Crippen molar-refractivity contribution in [3.8, 4) is 11.5 Å². The number of phenols is 1. The zero-order valence-electron chi connectivity index (χ0n) is 13.2. The summed E-state index contributed by atoms with van der Waals surface area (Å²) in [7, 11) is 1.51. The summed E-state index contributed by atoms with van der Waals surface area (Å²) >= 11 is 6.22. The standard InChI is InChI=1S/C17H18ClN3O3/c1-24-16-5-2-11(8-15(16)22)10-20-12-3-4-13(18)14(9-12)21-7-6-19-17(21)23/h2-5,8-9,20,22H,6-7,10H2,1H3,(H,19,23). The maximum Gasteiger partial charge on any atom is 0.322 e. The summed E-state index contributed by atoms with van der Waals surface area (Å²) in [6.07, 6.45) is 0.